The molecule has 5 N–H and O–H groups in total. The number of aliphatic hydroxyl groups excluding tert-OH is 1. The molecule has 1 saturated heterocycles. The first-order chi connectivity index (χ1) is 11.3. The van der Waals surface area contributed by atoms with Crippen LogP contribution < -0.4 is 11.3 Å². The second-order valence-electron chi connectivity index (χ2n) is 5.78. The maximum absolute atomic E-state index is 11.9. The van der Waals surface area contributed by atoms with Crippen LogP contribution >= 0.6 is 7.82 Å². The van der Waals surface area contributed by atoms with Crippen molar-refractivity contribution in [1.29, 1.82) is 0 Å². The monoisotopic (exact) mass is 358 g/mol. The van der Waals surface area contributed by atoms with Crippen molar-refractivity contribution in [2.45, 2.75) is 24.9 Å². The molecule has 3 atom stereocenters. The number of fused-ring (bicyclic) bond motifs is 1. The number of nitrogens with one attached hydrogen (secondary N) is 1. The first-order valence-corrected chi connectivity index (χ1v) is 9.68. The number of aromatic nitrogens is 3. The number of anilines is 1. The standard InChI is InChI=1S/C12H20BN4O6P/c1-21-24(13,20)22-5-6-4-8(18)11(23-6)17-3-2-7-9(17)15-12(14)16-10(7)19/h2-3,6,8,11,18,20,24H,4-5,13H2,1H3,(H3,14,15,16,19)/t6-,8-,11+/m0/s1. The third kappa shape index (κ3) is 3.32. The average Bonchev–Trinajstić information content (AvgIpc) is 3.08. The predicted octanol–water partition coefficient (Wildman–Crippen LogP) is -1.35. The van der Waals surface area contributed by atoms with E-state index in [0.717, 1.165) is 0 Å². The number of aliphatic hydroxyl groups is 1. The van der Waals surface area contributed by atoms with Crippen molar-refractivity contribution in [3.05, 3.63) is 22.6 Å². The van der Waals surface area contributed by atoms with Crippen molar-refractivity contribution < 1.29 is 23.8 Å². The zero-order valence-corrected chi connectivity index (χ0v) is 14.3. The molecular weight excluding hydrogens is 338 g/mol. The van der Waals surface area contributed by atoms with Gasteiger partial charge >= 0.3 is 138 Å². The number of hydrogen-bond acceptors (Lipinski definition) is 8. The van der Waals surface area contributed by atoms with Crippen LogP contribution in [0.2, 0.25) is 0 Å². The van der Waals surface area contributed by atoms with Crippen molar-refractivity contribution in [3.8, 4) is 0 Å². The number of ether oxygens (including phenoxy) is 1. The Morgan fingerprint density at radius 2 is 2.42 bits per heavy atom. The van der Waals surface area contributed by atoms with Gasteiger partial charge in [-0.25, -0.2) is 0 Å². The van der Waals surface area contributed by atoms with Gasteiger partial charge in [0.05, 0.1) is 0 Å². The van der Waals surface area contributed by atoms with Crippen LogP contribution in [0.3, 0.4) is 0 Å². The van der Waals surface area contributed by atoms with Gasteiger partial charge in [-0.05, 0) is 0 Å². The molecule has 0 spiro atoms. The van der Waals surface area contributed by atoms with Crippen LogP contribution in [-0.4, -0.2) is 58.0 Å². The van der Waals surface area contributed by atoms with E-state index >= 15 is 0 Å². The molecule has 2 aromatic heterocycles. The Hall–Kier alpha value is -1.49. The van der Waals surface area contributed by atoms with Crippen LogP contribution in [0.1, 0.15) is 12.6 Å². The molecule has 10 nitrogen and oxygen atoms in total. The quantitative estimate of drug-likeness (QED) is 0.379. The molecule has 2 aromatic rings. The van der Waals surface area contributed by atoms with E-state index in [9.17, 15) is 14.8 Å². The summed E-state index contributed by atoms with van der Waals surface area (Å²) in [4.78, 5) is 28.2. The fourth-order valence-electron chi connectivity index (χ4n) is 2.66. The summed E-state index contributed by atoms with van der Waals surface area (Å²) in [6, 6.07) is 1.59. The van der Waals surface area contributed by atoms with E-state index in [2.05, 4.69) is 9.97 Å². The Morgan fingerprint density at radius 3 is 3.12 bits per heavy atom. The second-order valence-corrected chi connectivity index (χ2v) is 8.27. The van der Waals surface area contributed by atoms with Crippen molar-refractivity contribution in [1.82, 2.24) is 14.5 Å². The summed E-state index contributed by atoms with van der Waals surface area (Å²) >= 11 is 0. The van der Waals surface area contributed by atoms with Gasteiger partial charge in [-0.2, -0.15) is 0 Å². The van der Waals surface area contributed by atoms with Crippen molar-refractivity contribution in [2.75, 3.05) is 19.5 Å². The first-order valence-electron chi connectivity index (χ1n) is 7.42. The van der Waals surface area contributed by atoms with E-state index in [1.54, 1.807) is 16.8 Å². The molecule has 3 heterocycles. The van der Waals surface area contributed by atoms with Crippen molar-refractivity contribution in [3.63, 3.8) is 0 Å². The van der Waals surface area contributed by atoms with E-state index < -0.39 is 26.3 Å². The number of rotatable bonds is 5. The number of nitrogens with zero attached hydrogens (tertiary/aromatic N) is 2. The Balaban J connectivity index is 1.80. The molecule has 1 aliphatic heterocycles. The summed E-state index contributed by atoms with van der Waals surface area (Å²) in [6.07, 6.45) is -0.0265. The van der Waals surface area contributed by atoms with Gasteiger partial charge in [-0.15, -0.1) is 0 Å². The minimum absolute atomic E-state index is 0.0121. The van der Waals surface area contributed by atoms with E-state index in [4.69, 9.17) is 19.5 Å². The third-order valence-electron chi connectivity index (χ3n) is 3.96. The Labute approximate surface area is 138 Å². The van der Waals surface area contributed by atoms with Gasteiger partial charge in [0.1, 0.15) is 0 Å². The van der Waals surface area contributed by atoms with Crippen molar-refractivity contribution >= 4 is 32.4 Å². The van der Waals surface area contributed by atoms with Gasteiger partial charge in [0.25, 0.3) is 0 Å². The molecule has 0 bridgehead atoms. The van der Waals surface area contributed by atoms with Crippen molar-refractivity contribution in [2.24, 2.45) is 0 Å². The van der Waals surface area contributed by atoms with E-state index in [0.29, 0.717) is 17.5 Å². The van der Waals surface area contributed by atoms with Crippen LogP contribution in [-0.2, 0) is 13.8 Å². The number of nitrogen functional groups attached to an aromatic ring is 1. The van der Waals surface area contributed by atoms with Crippen LogP contribution in [0.15, 0.2) is 17.1 Å². The summed E-state index contributed by atoms with van der Waals surface area (Å²) in [7, 11) is -0.288. The Bertz CT molecular complexity index is 795. The number of nitrogens with two attached hydrogens (primary N) is 1. The van der Waals surface area contributed by atoms with E-state index in [-0.39, 0.29) is 18.1 Å². The normalized spacial score (nSPS) is 25.4. The van der Waals surface area contributed by atoms with Gasteiger partial charge < -0.3 is 0 Å². The molecular formula is C12H20BN4O6P. The summed E-state index contributed by atoms with van der Waals surface area (Å²) in [5.41, 5.74) is 5.56. The zero-order valence-electron chi connectivity index (χ0n) is 13.3. The molecule has 24 heavy (non-hydrogen) atoms. The number of H-pyrrole nitrogens is 1. The van der Waals surface area contributed by atoms with Gasteiger partial charge in [-0.3, -0.25) is 0 Å². The number of hydrogen-bond donors (Lipinski definition) is 4. The SMILES string of the molecule is B[PH](O)(OC)OC[C@@H]1C[C@H](O)[C@H](n2ccc3c(=O)[nH]c(N)nc32)O1. The molecule has 0 amide bonds. The van der Waals surface area contributed by atoms with Gasteiger partial charge in [0, 0.05) is 0 Å². The van der Waals surface area contributed by atoms with Crippen LogP contribution in [0.25, 0.3) is 11.0 Å². The van der Waals surface area contributed by atoms with E-state index in [1.807, 2.05) is 0 Å². The van der Waals surface area contributed by atoms with Gasteiger partial charge in [-0.1, -0.05) is 0 Å². The zero-order chi connectivity index (χ0) is 17.5. The number of aromatic amines is 1. The summed E-state index contributed by atoms with van der Waals surface area (Å²) < 4.78 is 17.6. The van der Waals surface area contributed by atoms with Crippen LogP contribution in [0, 0.1) is 0 Å². The fraction of sp³-hybridized carbons (Fsp3) is 0.500. The third-order valence-corrected chi connectivity index (χ3v) is 5.42. The topological polar surface area (TPSA) is 145 Å². The fourth-order valence-corrected chi connectivity index (χ4v) is 3.27. The van der Waals surface area contributed by atoms with Crippen LogP contribution in [0.5, 0.6) is 0 Å². The van der Waals surface area contributed by atoms with Crippen LogP contribution in [0.4, 0.5) is 5.95 Å². The molecule has 1 aliphatic rings. The predicted molar refractivity (Wildman–Crippen MR) is 91.3 cm³/mol. The molecule has 0 aromatic carbocycles. The molecule has 0 saturated carbocycles. The average molecular weight is 358 g/mol. The summed E-state index contributed by atoms with van der Waals surface area (Å²) in [5, 5.41) is 10.6. The Kier molecular flexibility index (Phi) is 4.65. The molecule has 1 fully saturated rings. The molecule has 12 heteroatoms. The van der Waals surface area contributed by atoms with E-state index in [1.165, 1.54) is 14.7 Å². The second kappa shape index (κ2) is 6.43. The molecule has 132 valence electrons. The molecule has 0 radical (unpaired) electrons. The summed E-state index contributed by atoms with van der Waals surface area (Å²) in [5.74, 6) is -0.0121. The summed E-state index contributed by atoms with van der Waals surface area (Å²) in [6.45, 7) is 0.0932. The maximum atomic E-state index is 11.9. The van der Waals surface area contributed by atoms with Gasteiger partial charge in [0.2, 0.25) is 0 Å². The first kappa shape index (κ1) is 17.3. The minimum atomic E-state index is -3.16. The molecule has 0 aliphatic carbocycles. The Morgan fingerprint density at radius 1 is 1.67 bits per heavy atom. The molecule has 3 rings (SSSR count). The molecule has 0 unspecified atom stereocenters. The van der Waals surface area contributed by atoms with Gasteiger partial charge in [0.15, 0.2) is 0 Å².